The Kier molecular flexibility index (Phi) is 6.81. The molecule has 2 aliphatic rings. The van der Waals surface area contributed by atoms with Gasteiger partial charge in [0.1, 0.15) is 18.6 Å². The number of fused-ring (bicyclic) bond motifs is 2. The molecule has 0 unspecified atom stereocenters. The summed E-state index contributed by atoms with van der Waals surface area (Å²) in [6, 6.07) is 11.4. The number of benzene rings is 2. The standard InChI is InChI=1S/C25H28ClNO4/c1-30-25(29)18-8-10-24-23(13-18)27(14-19-5-6-20(19)15-28)11-3-2-4-17-12-22(26)9-7-21(17)16-31-24/h7-10,12-13,15,19-20H,2-6,11,14,16H2,1H3/t19-,20-/m0/s1. The van der Waals surface area contributed by atoms with E-state index in [1.54, 1.807) is 6.07 Å². The molecule has 31 heavy (non-hydrogen) atoms. The van der Waals surface area contributed by atoms with Crippen LogP contribution in [0.4, 0.5) is 5.69 Å². The minimum absolute atomic E-state index is 0.123. The molecule has 164 valence electrons. The van der Waals surface area contributed by atoms with Gasteiger partial charge in [-0.3, -0.25) is 0 Å². The van der Waals surface area contributed by atoms with E-state index < -0.39 is 0 Å². The first-order chi connectivity index (χ1) is 15.1. The summed E-state index contributed by atoms with van der Waals surface area (Å²) >= 11 is 6.23. The Morgan fingerprint density at radius 3 is 2.81 bits per heavy atom. The molecule has 2 aromatic carbocycles. The molecule has 0 bridgehead atoms. The number of aldehydes is 1. The SMILES string of the molecule is COC(=O)c1ccc2c(c1)N(C[C@@H]1CC[C@H]1C=O)CCCCc1cc(Cl)ccc1CO2. The third-order valence-corrected chi connectivity index (χ3v) is 6.74. The number of halogens is 1. The second kappa shape index (κ2) is 9.73. The smallest absolute Gasteiger partial charge is 0.337 e. The zero-order valence-electron chi connectivity index (χ0n) is 17.8. The second-order valence-corrected chi connectivity index (χ2v) is 8.85. The second-order valence-electron chi connectivity index (χ2n) is 8.42. The lowest BCUT2D eigenvalue weighted by Gasteiger charge is -2.38. The van der Waals surface area contributed by atoms with Crippen molar-refractivity contribution < 1.29 is 19.1 Å². The number of rotatable bonds is 4. The lowest BCUT2D eigenvalue weighted by atomic mass is 9.74. The summed E-state index contributed by atoms with van der Waals surface area (Å²) in [6.07, 6.45) is 6.06. The first-order valence-electron chi connectivity index (χ1n) is 10.9. The molecule has 0 radical (unpaired) electrons. The summed E-state index contributed by atoms with van der Waals surface area (Å²) in [6.45, 7) is 2.05. The lowest BCUT2D eigenvalue weighted by Crippen LogP contribution is -2.39. The number of carbonyl (C=O) groups is 2. The number of aryl methyl sites for hydroxylation is 1. The first kappa shape index (κ1) is 21.7. The summed E-state index contributed by atoms with van der Waals surface area (Å²) in [5, 5.41) is 0.739. The molecule has 0 saturated heterocycles. The fourth-order valence-corrected chi connectivity index (χ4v) is 4.66. The summed E-state index contributed by atoms with van der Waals surface area (Å²) in [4.78, 5) is 25.8. The number of nitrogens with zero attached hydrogens (tertiary/aromatic N) is 1. The monoisotopic (exact) mass is 441 g/mol. The van der Waals surface area contributed by atoms with Crippen LogP contribution in [0.5, 0.6) is 5.75 Å². The zero-order valence-corrected chi connectivity index (χ0v) is 18.6. The molecule has 2 atom stereocenters. The highest BCUT2D eigenvalue weighted by atomic mass is 35.5. The maximum absolute atomic E-state index is 12.2. The topological polar surface area (TPSA) is 55.8 Å². The van der Waals surface area contributed by atoms with Crippen molar-refractivity contribution in [2.24, 2.45) is 11.8 Å². The number of esters is 1. The minimum Gasteiger partial charge on any atom is -0.487 e. The van der Waals surface area contributed by atoms with Crippen LogP contribution >= 0.6 is 11.6 Å². The quantitative estimate of drug-likeness (QED) is 0.489. The molecule has 2 aromatic rings. The maximum Gasteiger partial charge on any atom is 0.337 e. The van der Waals surface area contributed by atoms with Crippen LogP contribution in [-0.2, 0) is 22.6 Å². The largest absolute Gasteiger partial charge is 0.487 e. The van der Waals surface area contributed by atoms with Gasteiger partial charge >= 0.3 is 5.97 Å². The number of carbonyl (C=O) groups excluding carboxylic acids is 2. The third-order valence-electron chi connectivity index (χ3n) is 6.50. The fourth-order valence-electron chi connectivity index (χ4n) is 4.47. The summed E-state index contributed by atoms with van der Waals surface area (Å²) in [7, 11) is 1.39. The van der Waals surface area contributed by atoms with Gasteiger partial charge in [-0.25, -0.2) is 4.79 Å². The molecule has 1 saturated carbocycles. The summed E-state index contributed by atoms with van der Waals surface area (Å²) < 4.78 is 11.2. The normalized spacial score (nSPS) is 20.9. The molecule has 0 N–H and O–H groups in total. The fraction of sp³-hybridized carbons (Fsp3) is 0.440. The Morgan fingerprint density at radius 2 is 2.06 bits per heavy atom. The molecular formula is C25H28ClNO4. The summed E-state index contributed by atoms with van der Waals surface area (Å²) in [5.41, 5.74) is 3.73. The van der Waals surface area contributed by atoms with Gasteiger partial charge in [-0.15, -0.1) is 0 Å². The van der Waals surface area contributed by atoms with Crippen LogP contribution in [0.25, 0.3) is 0 Å². The Hall–Kier alpha value is -2.53. The van der Waals surface area contributed by atoms with Crippen LogP contribution in [0.15, 0.2) is 36.4 Å². The zero-order chi connectivity index (χ0) is 21.8. The van der Waals surface area contributed by atoms with E-state index in [0.717, 1.165) is 73.5 Å². The molecule has 1 aliphatic carbocycles. The van der Waals surface area contributed by atoms with Crippen molar-refractivity contribution in [1.29, 1.82) is 0 Å². The molecule has 5 nitrogen and oxygen atoms in total. The average molecular weight is 442 g/mol. The van der Waals surface area contributed by atoms with Crippen LogP contribution in [0.2, 0.25) is 5.02 Å². The number of hydrogen-bond donors (Lipinski definition) is 0. The molecule has 1 aliphatic heterocycles. The number of hydrogen-bond acceptors (Lipinski definition) is 5. The van der Waals surface area contributed by atoms with Crippen LogP contribution in [0.3, 0.4) is 0 Å². The summed E-state index contributed by atoms with van der Waals surface area (Å²) in [5.74, 6) is 0.829. The van der Waals surface area contributed by atoms with Crippen molar-refractivity contribution in [2.45, 2.75) is 38.7 Å². The van der Waals surface area contributed by atoms with Gasteiger partial charge in [0.2, 0.25) is 0 Å². The molecule has 0 amide bonds. The van der Waals surface area contributed by atoms with Crippen molar-refractivity contribution in [3.05, 3.63) is 58.1 Å². The maximum atomic E-state index is 12.2. The molecule has 1 fully saturated rings. The van der Waals surface area contributed by atoms with Gasteiger partial charge in [-0.2, -0.15) is 0 Å². The van der Waals surface area contributed by atoms with E-state index in [-0.39, 0.29) is 11.9 Å². The van der Waals surface area contributed by atoms with Gasteiger partial charge in [0, 0.05) is 24.0 Å². The van der Waals surface area contributed by atoms with Gasteiger partial charge in [0.05, 0.1) is 18.4 Å². The van der Waals surface area contributed by atoms with E-state index in [9.17, 15) is 9.59 Å². The van der Waals surface area contributed by atoms with E-state index in [2.05, 4.69) is 4.90 Å². The average Bonchev–Trinajstić information content (AvgIpc) is 2.79. The third kappa shape index (κ3) is 4.87. The predicted molar refractivity (Wildman–Crippen MR) is 121 cm³/mol. The van der Waals surface area contributed by atoms with Gasteiger partial charge in [-0.05, 0) is 79.5 Å². The molecule has 0 spiro atoms. The number of anilines is 1. The molecule has 1 heterocycles. The van der Waals surface area contributed by atoms with E-state index in [4.69, 9.17) is 21.1 Å². The highest BCUT2D eigenvalue weighted by Crippen LogP contribution is 2.38. The molecule has 6 heteroatoms. The molecular weight excluding hydrogens is 414 g/mol. The highest BCUT2D eigenvalue weighted by molar-refractivity contribution is 6.30. The Labute approximate surface area is 188 Å². The Balaban J connectivity index is 1.68. The van der Waals surface area contributed by atoms with E-state index in [1.165, 1.54) is 12.7 Å². The lowest BCUT2D eigenvalue weighted by molar-refractivity contribution is -0.115. The van der Waals surface area contributed by atoms with Crippen LogP contribution < -0.4 is 9.64 Å². The predicted octanol–water partition coefficient (Wildman–Crippen LogP) is 5.07. The first-order valence-corrected chi connectivity index (χ1v) is 11.3. The van der Waals surface area contributed by atoms with Gasteiger partial charge in [0.15, 0.2) is 0 Å². The number of methoxy groups -OCH3 is 1. The minimum atomic E-state index is -0.369. The van der Waals surface area contributed by atoms with E-state index >= 15 is 0 Å². The van der Waals surface area contributed by atoms with Crippen LogP contribution in [-0.4, -0.2) is 32.5 Å². The molecule has 4 rings (SSSR count). The highest BCUT2D eigenvalue weighted by Gasteiger charge is 2.32. The van der Waals surface area contributed by atoms with E-state index in [0.29, 0.717) is 18.1 Å². The van der Waals surface area contributed by atoms with Crippen molar-refractivity contribution in [2.75, 3.05) is 25.1 Å². The van der Waals surface area contributed by atoms with Crippen molar-refractivity contribution in [3.63, 3.8) is 0 Å². The van der Waals surface area contributed by atoms with Gasteiger partial charge in [0.25, 0.3) is 0 Å². The van der Waals surface area contributed by atoms with Crippen molar-refractivity contribution >= 4 is 29.5 Å². The molecule has 0 aromatic heterocycles. The Bertz CT molecular complexity index is 961. The van der Waals surface area contributed by atoms with Gasteiger partial charge < -0.3 is 19.2 Å². The van der Waals surface area contributed by atoms with Crippen LogP contribution in [0, 0.1) is 11.8 Å². The number of ether oxygens (including phenoxy) is 2. The van der Waals surface area contributed by atoms with Crippen LogP contribution in [0.1, 0.15) is 47.2 Å². The Morgan fingerprint density at radius 1 is 1.19 bits per heavy atom. The van der Waals surface area contributed by atoms with Crippen molar-refractivity contribution in [3.8, 4) is 5.75 Å². The van der Waals surface area contributed by atoms with Crippen molar-refractivity contribution in [1.82, 2.24) is 0 Å². The van der Waals surface area contributed by atoms with E-state index in [1.807, 2.05) is 30.3 Å². The van der Waals surface area contributed by atoms with Gasteiger partial charge in [-0.1, -0.05) is 17.7 Å².